The fraction of sp³-hybridized carbons (Fsp3) is 0.455. The van der Waals surface area contributed by atoms with Crippen LogP contribution in [0.2, 0.25) is 5.02 Å². The first-order valence-corrected chi connectivity index (χ1v) is 6.43. The monoisotopic (exact) mass is 301 g/mol. The van der Waals surface area contributed by atoms with E-state index in [0.717, 1.165) is 0 Å². The largest absolute Gasteiger partial charge is 0.496 e. The number of aliphatic hydroxyl groups is 1. The van der Waals surface area contributed by atoms with Crippen LogP contribution < -0.4 is 10.2 Å². The Labute approximate surface area is 120 Å². The van der Waals surface area contributed by atoms with E-state index in [-0.39, 0.29) is 18.2 Å². The average Bonchev–Trinajstić information content (AvgIpc) is 2.70. The van der Waals surface area contributed by atoms with Crippen LogP contribution in [0.15, 0.2) is 12.1 Å². The van der Waals surface area contributed by atoms with E-state index in [4.69, 9.17) is 26.1 Å². The molecule has 0 bridgehead atoms. The predicted molar refractivity (Wildman–Crippen MR) is 71.9 cm³/mol. The first-order valence-electron chi connectivity index (χ1n) is 6.06. The zero-order valence-electron chi connectivity index (χ0n) is 10.5. The molecule has 0 saturated carbocycles. The highest BCUT2D eigenvalue weighted by Gasteiger charge is 2.41. The zero-order chi connectivity index (χ0) is 14.7. The summed E-state index contributed by atoms with van der Waals surface area (Å²) in [7, 11) is -1.31. The molecular formula is C11H13BClNO6. The summed E-state index contributed by atoms with van der Waals surface area (Å²) in [5, 5.41) is 29.5. The van der Waals surface area contributed by atoms with E-state index in [1.54, 1.807) is 12.1 Å². The lowest BCUT2D eigenvalue weighted by Crippen LogP contribution is -2.30. The van der Waals surface area contributed by atoms with Crippen molar-refractivity contribution in [2.24, 2.45) is 0 Å². The Morgan fingerprint density at radius 3 is 2.95 bits per heavy atom. The number of benzene rings is 1. The van der Waals surface area contributed by atoms with Gasteiger partial charge in [-0.05, 0) is 12.1 Å². The molecule has 0 aromatic heterocycles. The van der Waals surface area contributed by atoms with Gasteiger partial charge in [0.15, 0.2) is 0 Å². The van der Waals surface area contributed by atoms with E-state index in [9.17, 15) is 15.1 Å². The Kier molecular flexibility index (Phi) is 4.82. The van der Waals surface area contributed by atoms with Gasteiger partial charge in [0.1, 0.15) is 11.9 Å². The van der Waals surface area contributed by atoms with Gasteiger partial charge in [0.25, 0.3) is 0 Å². The normalized spacial score (nSPS) is 17.1. The van der Waals surface area contributed by atoms with Crippen LogP contribution >= 0.6 is 11.6 Å². The zero-order valence-corrected chi connectivity index (χ0v) is 11.2. The lowest BCUT2D eigenvalue weighted by atomic mass is 9.78. The SMILES string of the molecule is O=[N+]([O-])CC1OB(O)c2c(OCCCO)ccc(Cl)c21. The number of fused-ring (bicyclic) bond motifs is 1. The number of ether oxygens (including phenoxy) is 1. The topological polar surface area (TPSA) is 102 Å². The fourth-order valence-electron chi connectivity index (χ4n) is 2.11. The molecule has 0 saturated heterocycles. The van der Waals surface area contributed by atoms with Gasteiger partial charge in [-0.2, -0.15) is 0 Å². The predicted octanol–water partition coefficient (Wildman–Crippen LogP) is 0.137. The number of hydrogen-bond acceptors (Lipinski definition) is 6. The van der Waals surface area contributed by atoms with Gasteiger partial charge in [-0.25, -0.2) is 0 Å². The molecule has 0 amide bonds. The molecule has 2 N–H and O–H groups in total. The quantitative estimate of drug-likeness (QED) is 0.335. The standard InChI is InChI=1S/C11H13BClNO6/c13-7-2-3-8(19-5-1-4-15)11-10(7)9(6-14(17)18)20-12(11)16/h2-3,9,15-16H,1,4-6H2. The highest BCUT2D eigenvalue weighted by molar-refractivity contribution is 6.63. The third-order valence-electron chi connectivity index (χ3n) is 2.93. The van der Waals surface area contributed by atoms with E-state index in [0.29, 0.717) is 23.2 Å². The van der Waals surface area contributed by atoms with Crippen molar-refractivity contribution in [1.29, 1.82) is 0 Å². The second kappa shape index (κ2) is 6.40. The van der Waals surface area contributed by atoms with Crippen molar-refractivity contribution in [1.82, 2.24) is 0 Å². The van der Waals surface area contributed by atoms with Crippen LogP contribution in [0.1, 0.15) is 18.1 Å². The van der Waals surface area contributed by atoms with Gasteiger partial charge in [-0.3, -0.25) is 10.1 Å². The van der Waals surface area contributed by atoms with Crippen molar-refractivity contribution >= 4 is 24.2 Å². The molecule has 1 atom stereocenters. The molecule has 1 unspecified atom stereocenters. The van der Waals surface area contributed by atoms with E-state index < -0.39 is 24.7 Å². The van der Waals surface area contributed by atoms with Gasteiger partial charge < -0.3 is 19.5 Å². The average molecular weight is 301 g/mol. The Balaban J connectivity index is 2.31. The van der Waals surface area contributed by atoms with E-state index in [1.807, 2.05) is 0 Å². The summed E-state index contributed by atoms with van der Waals surface area (Å²) in [5.41, 5.74) is 0.708. The lowest BCUT2D eigenvalue weighted by molar-refractivity contribution is -0.490. The second-order valence-electron chi connectivity index (χ2n) is 4.29. The molecule has 0 spiro atoms. The second-order valence-corrected chi connectivity index (χ2v) is 4.70. The summed E-state index contributed by atoms with van der Waals surface area (Å²) >= 11 is 6.04. The molecule has 1 aliphatic heterocycles. The van der Waals surface area contributed by atoms with Gasteiger partial charge in [0, 0.05) is 34.0 Å². The maximum atomic E-state index is 10.6. The third kappa shape index (κ3) is 3.04. The van der Waals surface area contributed by atoms with Crippen LogP contribution in [0.4, 0.5) is 0 Å². The van der Waals surface area contributed by atoms with Crippen molar-refractivity contribution in [2.75, 3.05) is 19.8 Å². The number of halogens is 1. The minimum Gasteiger partial charge on any atom is -0.494 e. The molecule has 9 heteroatoms. The molecule has 1 aromatic carbocycles. The number of nitrogens with zero attached hydrogens (tertiary/aromatic N) is 1. The Morgan fingerprint density at radius 1 is 1.55 bits per heavy atom. The van der Waals surface area contributed by atoms with E-state index in [2.05, 4.69) is 0 Å². The fourth-order valence-corrected chi connectivity index (χ4v) is 2.39. The molecular weight excluding hydrogens is 288 g/mol. The van der Waals surface area contributed by atoms with Crippen LogP contribution in [-0.4, -0.2) is 41.9 Å². The van der Waals surface area contributed by atoms with Crippen LogP contribution in [0.3, 0.4) is 0 Å². The third-order valence-corrected chi connectivity index (χ3v) is 3.26. The molecule has 0 radical (unpaired) electrons. The smallest absolute Gasteiger partial charge is 0.494 e. The molecule has 108 valence electrons. The van der Waals surface area contributed by atoms with Crippen molar-refractivity contribution < 1.29 is 24.4 Å². The summed E-state index contributed by atoms with van der Waals surface area (Å²) in [6, 6.07) is 3.11. The van der Waals surface area contributed by atoms with Gasteiger partial charge in [-0.15, -0.1) is 0 Å². The van der Waals surface area contributed by atoms with Gasteiger partial charge in [-0.1, -0.05) is 11.6 Å². The summed E-state index contributed by atoms with van der Waals surface area (Å²) in [5.74, 6) is 0.358. The van der Waals surface area contributed by atoms with Gasteiger partial charge >= 0.3 is 7.12 Å². The molecule has 1 heterocycles. The molecule has 7 nitrogen and oxygen atoms in total. The number of hydrogen-bond donors (Lipinski definition) is 2. The highest BCUT2D eigenvalue weighted by atomic mass is 35.5. The Bertz CT molecular complexity index is 514. The minimum absolute atomic E-state index is 0.0151. The summed E-state index contributed by atoms with van der Waals surface area (Å²) < 4.78 is 10.6. The van der Waals surface area contributed by atoms with E-state index >= 15 is 0 Å². The van der Waals surface area contributed by atoms with E-state index in [1.165, 1.54) is 0 Å². The number of rotatable bonds is 6. The lowest BCUT2D eigenvalue weighted by Gasteiger charge is -2.12. The van der Waals surface area contributed by atoms with Crippen molar-refractivity contribution in [3.05, 3.63) is 32.8 Å². The van der Waals surface area contributed by atoms with Crippen molar-refractivity contribution in [3.63, 3.8) is 0 Å². The molecule has 1 aliphatic rings. The maximum Gasteiger partial charge on any atom is 0.496 e. The van der Waals surface area contributed by atoms with Gasteiger partial charge in [0.2, 0.25) is 6.54 Å². The minimum atomic E-state index is -1.31. The summed E-state index contributed by atoms with van der Waals surface area (Å²) in [6.07, 6.45) is -0.462. The van der Waals surface area contributed by atoms with Crippen LogP contribution in [0.25, 0.3) is 0 Å². The summed E-state index contributed by atoms with van der Waals surface area (Å²) in [4.78, 5) is 10.1. The Morgan fingerprint density at radius 2 is 2.30 bits per heavy atom. The molecule has 0 aliphatic carbocycles. The molecule has 2 rings (SSSR count). The maximum absolute atomic E-state index is 10.6. The Hall–Kier alpha value is -1.35. The van der Waals surface area contributed by atoms with Crippen LogP contribution in [-0.2, 0) is 4.65 Å². The van der Waals surface area contributed by atoms with Crippen molar-refractivity contribution in [2.45, 2.75) is 12.5 Å². The molecule has 20 heavy (non-hydrogen) atoms. The summed E-state index contributed by atoms with van der Waals surface area (Å²) in [6.45, 7) is -0.236. The van der Waals surface area contributed by atoms with Crippen LogP contribution in [0, 0.1) is 10.1 Å². The van der Waals surface area contributed by atoms with Crippen molar-refractivity contribution in [3.8, 4) is 5.75 Å². The van der Waals surface area contributed by atoms with Gasteiger partial charge in [0.05, 0.1) is 6.61 Å². The highest BCUT2D eigenvalue weighted by Crippen LogP contribution is 2.33. The molecule has 0 fully saturated rings. The molecule has 1 aromatic rings. The van der Waals surface area contributed by atoms with Crippen LogP contribution in [0.5, 0.6) is 5.75 Å². The first kappa shape index (κ1) is 15.1. The number of aliphatic hydroxyl groups excluding tert-OH is 1. The number of nitro groups is 1. The first-order chi connectivity index (χ1) is 9.54.